The van der Waals surface area contributed by atoms with Crippen LogP contribution in [0.2, 0.25) is 0 Å². The quantitative estimate of drug-likeness (QED) is 0.0235. The van der Waals surface area contributed by atoms with Gasteiger partial charge in [-0.1, -0.05) is 0 Å². The summed E-state index contributed by atoms with van der Waals surface area (Å²) in [5, 5.41) is 77.6. The number of hydrogen-bond donors (Lipinski definition) is 16. The number of carbonyl (C=O) groups is 4. The average molecular weight is 811 g/mol. The summed E-state index contributed by atoms with van der Waals surface area (Å²) in [7, 11) is 0. The second-order valence-corrected chi connectivity index (χ2v) is 9.63. The Labute approximate surface area is 301 Å². The van der Waals surface area contributed by atoms with Crippen molar-refractivity contribution in [3.63, 3.8) is 0 Å². The molecule has 0 aromatic heterocycles. The Balaban J connectivity index is -0.000000174. The number of carboxylic acid groups (broad SMARTS) is 4. The third kappa shape index (κ3) is 48.1. The summed E-state index contributed by atoms with van der Waals surface area (Å²) >= 11 is 0. The number of nitrogens with two attached hydrogens (primary N) is 8. The van der Waals surface area contributed by atoms with Crippen LogP contribution in [0.1, 0.15) is 51.4 Å². The predicted octanol–water partition coefficient (Wildman–Crippen LogP) is -11.1. The minimum atomic E-state index is -1.25. The van der Waals surface area contributed by atoms with E-state index in [0.717, 1.165) is 0 Å². The molecule has 0 aromatic carbocycles. The molecule has 0 aliphatic rings. The first kappa shape index (κ1) is 54.1. The Bertz CT molecular complexity index is 843. The maximum absolute atomic E-state index is 10.1. The molecule has 0 saturated heterocycles. The molecule has 0 aliphatic heterocycles. The number of hydrogen-bond acceptors (Lipinski definition) is 16. The molecule has 0 radical (unpaired) electrons. The Morgan fingerprint density at radius 3 is 0.673 bits per heavy atom. The minimum absolute atomic E-state index is 0. The zero-order valence-electron chi connectivity index (χ0n) is 27.2. The van der Waals surface area contributed by atoms with Crippen LogP contribution in [0.3, 0.4) is 0 Å². The van der Waals surface area contributed by atoms with Crippen LogP contribution in [0, 0.1) is 21.6 Å². The number of rotatable bonds is 20. The summed E-state index contributed by atoms with van der Waals surface area (Å²) in [5.74, 6) is -5.52. The Morgan fingerprint density at radius 1 is 0.429 bits per heavy atom. The fraction of sp³-hybridized carbons (Fsp3) is 0.667. The molecule has 25 heteroatoms. The van der Waals surface area contributed by atoms with E-state index < -0.39 is 48.0 Å². The molecule has 24 nitrogen and oxygen atoms in total. The van der Waals surface area contributed by atoms with Gasteiger partial charge in [0.2, 0.25) is 0 Å². The van der Waals surface area contributed by atoms with E-state index >= 15 is 0 Å². The van der Waals surface area contributed by atoms with Gasteiger partial charge in [-0.05, 0) is 51.4 Å². The molecule has 0 bridgehead atoms. The average Bonchev–Trinajstić information content (AvgIpc) is 2.97. The van der Waals surface area contributed by atoms with Gasteiger partial charge in [-0.2, -0.15) is 0 Å². The van der Waals surface area contributed by atoms with E-state index in [-0.39, 0.29) is 47.7 Å². The molecule has 0 heterocycles. The van der Waals surface area contributed by atoms with Crippen molar-refractivity contribution in [3.05, 3.63) is 0 Å². The van der Waals surface area contributed by atoms with E-state index in [0.29, 0.717) is 77.5 Å². The predicted molar refractivity (Wildman–Crippen MR) is 174 cm³/mol. The van der Waals surface area contributed by atoms with E-state index in [4.69, 9.17) is 67.5 Å². The van der Waals surface area contributed by atoms with Gasteiger partial charge in [-0.15, -0.1) is 0 Å². The molecule has 0 spiro atoms. The summed E-state index contributed by atoms with van der Waals surface area (Å²) in [6.45, 7) is 1.82. The number of carboxylic acids is 4. The SMILES string of the molecule is N=C(N)NCCC[C@H](N)C(=O)[O-].N=C(N)NCCC[C@H](N)C(=O)[O-].N=C(N)NCCC[C@H](N)C(=O)[O-].N=C(N)NCCC[C@H](N)C(=O)[O-].[Sn+4]. The summed E-state index contributed by atoms with van der Waals surface area (Å²) in [5.41, 5.74) is 40.6. The summed E-state index contributed by atoms with van der Waals surface area (Å²) < 4.78 is 0. The fourth-order valence-corrected chi connectivity index (χ4v) is 2.65. The van der Waals surface area contributed by atoms with Crippen molar-refractivity contribution in [2.24, 2.45) is 45.9 Å². The standard InChI is InChI=1S/4C6H14N4O2.Sn/c4*7-4(5(11)12)2-1-3-10-6(8)9;/h4*4H,1-3,7H2,(H,11,12)(H4,8,9,10);/q;;;;+4/p-4/t4*4-;/m0000./s1. The van der Waals surface area contributed by atoms with Crippen LogP contribution in [-0.2, 0) is 19.2 Å². The van der Waals surface area contributed by atoms with Gasteiger partial charge in [0.25, 0.3) is 0 Å². The molecule has 0 saturated carbocycles. The Hall–Kier alpha value is -4.40. The topological polar surface area (TPSA) is 512 Å². The third-order valence-electron chi connectivity index (χ3n) is 5.24. The third-order valence-corrected chi connectivity index (χ3v) is 5.24. The van der Waals surface area contributed by atoms with Crippen LogP contribution < -0.4 is 87.6 Å². The zero-order valence-corrected chi connectivity index (χ0v) is 30.0. The van der Waals surface area contributed by atoms with Crippen molar-refractivity contribution < 1.29 is 39.6 Å². The number of carbonyl (C=O) groups excluding carboxylic acids is 4. The molecular weight excluding hydrogens is 759 g/mol. The van der Waals surface area contributed by atoms with Gasteiger partial charge in [0, 0.05) is 50.3 Å². The van der Waals surface area contributed by atoms with Gasteiger partial charge in [0.1, 0.15) is 0 Å². The van der Waals surface area contributed by atoms with Gasteiger partial charge >= 0.3 is 23.9 Å². The van der Waals surface area contributed by atoms with Gasteiger partial charge in [0.15, 0.2) is 23.8 Å². The van der Waals surface area contributed by atoms with Crippen molar-refractivity contribution in [2.45, 2.75) is 75.5 Å². The van der Waals surface area contributed by atoms with Crippen LogP contribution >= 0.6 is 0 Å². The Morgan fingerprint density at radius 2 is 0.571 bits per heavy atom. The molecule has 0 fully saturated rings. The van der Waals surface area contributed by atoms with Crippen LogP contribution in [-0.4, -0.2) is 122 Å². The smallest absolute Gasteiger partial charge is 0.548 e. The van der Waals surface area contributed by atoms with Crippen molar-refractivity contribution in [3.8, 4) is 0 Å². The van der Waals surface area contributed by atoms with Gasteiger partial charge in [-0.3, -0.25) is 21.6 Å². The first-order valence-electron chi connectivity index (χ1n) is 14.3. The second-order valence-electron chi connectivity index (χ2n) is 9.63. The first-order valence-corrected chi connectivity index (χ1v) is 14.3. The largest absolute Gasteiger partial charge is 4.00 e. The van der Waals surface area contributed by atoms with Gasteiger partial charge in [0.05, 0.1) is 23.9 Å². The Kier molecular flexibility index (Phi) is 38.5. The van der Waals surface area contributed by atoms with E-state index in [1.54, 1.807) is 0 Å². The van der Waals surface area contributed by atoms with Crippen molar-refractivity contribution >= 4 is 71.6 Å². The van der Waals surface area contributed by atoms with E-state index in [1.165, 1.54) is 0 Å². The first-order chi connectivity index (χ1) is 22.1. The maximum Gasteiger partial charge on any atom is 4.00 e. The fourth-order valence-electron chi connectivity index (χ4n) is 2.65. The molecule has 24 N–H and O–H groups in total. The number of guanidine groups is 4. The summed E-state index contributed by atoms with van der Waals surface area (Å²) in [6.07, 6.45) is 3.49. The normalized spacial score (nSPS) is 11.8. The van der Waals surface area contributed by atoms with Crippen LogP contribution in [0.15, 0.2) is 0 Å². The second kappa shape index (κ2) is 34.9. The zero-order chi connectivity index (χ0) is 38.2. The van der Waals surface area contributed by atoms with Crippen LogP contribution in [0.4, 0.5) is 0 Å². The molecule has 0 unspecified atom stereocenters. The monoisotopic (exact) mass is 812 g/mol. The van der Waals surface area contributed by atoms with Gasteiger partial charge in [-0.25, -0.2) is 0 Å². The van der Waals surface area contributed by atoms with Crippen molar-refractivity contribution in [2.75, 3.05) is 26.2 Å². The number of nitrogens with one attached hydrogen (secondary N) is 8. The number of aliphatic carboxylic acids is 4. The molecule has 49 heavy (non-hydrogen) atoms. The molecule has 0 aliphatic carbocycles. The molecule has 0 rings (SSSR count). The maximum atomic E-state index is 10.1. The van der Waals surface area contributed by atoms with E-state index in [9.17, 15) is 39.6 Å². The molecule has 4 atom stereocenters. The summed E-state index contributed by atoms with van der Waals surface area (Å²) in [6, 6.07) is -3.73. The summed E-state index contributed by atoms with van der Waals surface area (Å²) in [4.78, 5) is 40.4. The molecule has 0 aromatic rings. The van der Waals surface area contributed by atoms with Crippen LogP contribution in [0.5, 0.6) is 0 Å². The molecule has 0 amide bonds. The van der Waals surface area contributed by atoms with Crippen LogP contribution in [0.25, 0.3) is 0 Å². The van der Waals surface area contributed by atoms with E-state index in [2.05, 4.69) is 21.3 Å². The van der Waals surface area contributed by atoms with Crippen molar-refractivity contribution in [1.29, 1.82) is 21.6 Å². The molecule has 280 valence electrons. The minimum Gasteiger partial charge on any atom is -0.548 e. The molecular formula is C24H52N16O8Sn. The van der Waals surface area contributed by atoms with E-state index in [1.807, 2.05) is 0 Å². The van der Waals surface area contributed by atoms with Gasteiger partial charge < -0.3 is 107 Å². The van der Waals surface area contributed by atoms with Crippen molar-refractivity contribution in [1.82, 2.24) is 21.3 Å².